The van der Waals surface area contributed by atoms with Crippen LogP contribution >= 0.6 is 0 Å². The van der Waals surface area contributed by atoms with Crippen molar-refractivity contribution in [2.45, 2.75) is 25.6 Å². The molecule has 1 unspecified atom stereocenters. The van der Waals surface area contributed by atoms with Crippen molar-refractivity contribution >= 4 is 17.4 Å². The van der Waals surface area contributed by atoms with E-state index in [0.29, 0.717) is 6.54 Å². The largest absolute Gasteiger partial charge is 0.378 e. The first-order valence-electron chi connectivity index (χ1n) is 8.97. The Bertz CT molecular complexity index is 818. The summed E-state index contributed by atoms with van der Waals surface area (Å²) in [4.78, 5) is 25.0. The van der Waals surface area contributed by atoms with Crippen molar-refractivity contribution in [3.8, 4) is 0 Å². The molecule has 27 heavy (non-hydrogen) atoms. The Morgan fingerprint density at radius 2 is 1.81 bits per heavy atom. The van der Waals surface area contributed by atoms with E-state index < -0.39 is 5.72 Å². The smallest absolute Gasteiger partial charge is 0.225 e. The molecule has 2 aromatic rings. The summed E-state index contributed by atoms with van der Waals surface area (Å²) in [7, 11) is 5.82. The van der Waals surface area contributed by atoms with Crippen molar-refractivity contribution in [3.63, 3.8) is 0 Å². The van der Waals surface area contributed by atoms with E-state index in [-0.39, 0.29) is 12.3 Å². The van der Waals surface area contributed by atoms with Crippen LogP contribution in [0.15, 0.2) is 59.6 Å². The van der Waals surface area contributed by atoms with Gasteiger partial charge in [0.1, 0.15) is 0 Å². The molecule has 1 aliphatic heterocycles. The number of nitrogens with zero attached hydrogens (tertiary/aromatic N) is 3. The summed E-state index contributed by atoms with van der Waals surface area (Å²) in [5, 5.41) is 4.56. The summed E-state index contributed by atoms with van der Waals surface area (Å²) in [6.07, 6.45) is 0.156. The maximum Gasteiger partial charge on any atom is 0.225 e. The molecule has 0 spiro atoms. The van der Waals surface area contributed by atoms with Gasteiger partial charge in [-0.2, -0.15) is 0 Å². The van der Waals surface area contributed by atoms with Crippen LogP contribution < -0.4 is 10.2 Å². The predicted molar refractivity (Wildman–Crippen MR) is 107 cm³/mol. The number of benzene rings is 2. The van der Waals surface area contributed by atoms with Crippen LogP contribution in [0.25, 0.3) is 0 Å². The first-order chi connectivity index (χ1) is 12.9. The molecule has 0 fully saturated rings. The van der Waals surface area contributed by atoms with Crippen molar-refractivity contribution in [1.29, 1.82) is 0 Å². The minimum atomic E-state index is -0.912. The highest BCUT2D eigenvalue weighted by molar-refractivity contribution is 5.99. The van der Waals surface area contributed by atoms with E-state index in [1.807, 2.05) is 87.6 Å². The van der Waals surface area contributed by atoms with E-state index in [1.54, 1.807) is 5.06 Å². The van der Waals surface area contributed by atoms with Crippen LogP contribution in [-0.4, -0.2) is 43.7 Å². The lowest BCUT2D eigenvalue weighted by molar-refractivity contribution is -0.166. The Kier molecular flexibility index (Phi) is 5.46. The second-order valence-corrected chi connectivity index (χ2v) is 7.08. The lowest BCUT2D eigenvalue weighted by Gasteiger charge is -2.21. The molecule has 1 N–H and O–H groups in total. The zero-order valence-electron chi connectivity index (χ0n) is 16.3. The summed E-state index contributed by atoms with van der Waals surface area (Å²) in [6.45, 7) is 2.32. The molecule has 1 amide bonds. The van der Waals surface area contributed by atoms with Gasteiger partial charge in [-0.05, 0) is 36.8 Å². The highest BCUT2D eigenvalue weighted by Crippen LogP contribution is 2.28. The third-order valence-electron chi connectivity index (χ3n) is 4.44. The zero-order chi connectivity index (χ0) is 19.4. The van der Waals surface area contributed by atoms with Gasteiger partial charge in [0, 0.05) is 38.9 Å². The Labute approximate surface area is 160 Å². The van der Waals surface area contributed by atoms with Crippen molar-refractivity contribution in [2.75, 3.05) is 26.0 Å². The summed E-state index contributed by atoms with van der Waals surface area (Å²) >= 11 is 0. The number of hydrogen-bond donors (Lipinski definition) is 1. The van der Waals surface area contributed by atoms with Gasteiger partial charge in [-0.1, -0.05) is 30.3 Å². The van der Waals surface area contributed by atoms with Gasteiger partial charge in [0.25, 0.3) is 0 Å². The number of amides is 1. The summed E-state index contributed by atoms with van der Waals surface area (Å²) in [5.74, 6) is 0.626. The molecule has 6 nitrogen and oxygen atoms in total. The Morgan fingerprint density at radius 1 is 1.15 bits per heavy atom. The van der Waals surface area contributed by atoms with Crippen LogP contribution in [0, 0.1) is 0 Å². The fourth-order valence-electron chi connectivity index (χ4n) is 3.04. The van der Waals surface area contributed by atoms with Crippen molar-refractivity contribution < 1.29 is 9.63 Å². The van der Waals surface area contributed by atoms with E-state index in [9.17, 15) is 4.79 Å². The predicted octanol–water partition coefficient (Wildman–Crippen LogP) is 2.80. The van der Waals surface area contributed by atoms with Gasteiger partial charge in [-0.25, -0.2) is 14.9 Å². The van der Waals surface area contributed by atoms with Crippen LogP contribution in [0.3, 0.4) is 0 Å². The topological polar surface area (TPSA) is 57.2 Å². The van der Waals surface area contributed by atoms with Crippen molar-refractivity contribution in [3.05, 3.63) is 65.7 Å². The van der Waals surface area contributed by atoms with E-state index in [1.165, 1.54) is 0 Å². The number of aliphatic imine (C=N–C) groups is 1. The van der Waals surface area contributed by atoms with Gasteiger partial charge in [0.15, 0.2) is 11.6 Å². The molecule has 1 aliphatic rings. The molecule has 0 aromatic heterocycles. The number of amidine groups is 1. The van der Waals surface area contributed by atoms with E-state index >= 15 is 0 Å². The number of carbonyl (C=O) groups is 1. The fraction of sp³-hybridized carbons (Fsp3) is 0.333. The van der Waals surface area contributed by atoms with Crippen LogP contribution in [0.4, 0.5) is 5.69 Å². The number of rotatable bonds is 6. The number of anilines is 1. The average Bonchev–Trinajstić information content (AvgIpc) is 2.95. The molecule has 1 atom stereocenters. The highest BCUT2D eigenvalue weighted by atomic mass is 16.7. The normalized spacial score (nSPS) is 19.0. The Morgan fingerprint density at radius 3 is 2.44 bits per heavy atom. The molecule has 0 saturated heterocycles. The molecule has 1 heterocycles. The molecule has 3 rings (SSSR count). The molecule has 0 bridgehead atoms. The highest BCUT2D eigenvalue weighted by Gasteiger charge is 2.37. The van der Waals surface area contributed by atoms with Crippen LogP contribution in [0.5, 0.6) is 0 Å². The number of nitrogens with one attached hydrogen (secondary N) is 1. The van der Waals surface area contributed by atoms with Gasteiger partial charge in [-0.3, -0.25) is 4.79 Å². The molecule has 0 saturated carbocycles. The van der Waals surface area contributed by atoms with Gasteiger partial charge < -0.3 is 10.2 Å². The van der Waals surface area contributed by atoms with Gasteiger partial charge in [-0.15, -0.1) is 0 Å². The Hall–Kier alpha value is -2.86. The first-order valence-corrected chi connectivity index (χ1v) is 8.97. The van der Waals surface area contributed by atoms with Crippen LogP contribution in [-0.2, 0) is 16.2 Å². The summed E-state index contributed by atoms with van der Waals surface area (Å²) in [6, 6.07) is 17.9. The van der Waals surface area contributed by atoms with Crippen LogP contribution in [0.2, 0.25) is 0 Å². The minimum Gasteiger partial charge on any atom is -0.378 e. The van der Waals surface area contributed by atoms with E-state index in [4.69, 9.17) is 4.84 Å². The van der Waals surface area contributed by atoms with Crippen molar-refractivity contribution in [1.82, 2.24) is 10.4 Å². The third-order valence-corrected chi connectivity index (χ3v) is 4.44. The quantitative estimate of drug-likeness (QED) is 0.854. The molecule has 6 heteroatoms. The third kappa shape index (κ3) is 4.65. The summed E-state index contributed by atoms with van der Waals surface area (Å²) in [5.41, 5.74) is 2.22. The minimum absolute atomic E-state index is 0.0947. The second kappa shape index (κ2) is 7.80. The number of hydrogen-bond acceptors (Lipinski definition) is 5. The molecule has 2 aromatic carbocycles. The van der Waals surface area contributed by atoms with Crippen molar-refractivity contribution in [2.24, 2.45) is 4.99 Å². The standard InChI is InChI=1S/C21H26N4O2/c1-21(14-19(26)22-15-16-8-6-5-7-9-16)23-20(25(4)27-21)17-10-12-18(13-11-17)24(2)3/h5-13H,14-15H2,1-4H3,(H,22,26). The maximum absolute atomic E-state index is 12.4. The first kappa shape index (κ1) is 18.9. The monoisotopic (exact) mass is 366 g/mol. The lowest BCUT2D eigenvalue weighted by Crippen LogP contribution is -2.35. The SMILES string of the molecule is CN1OC(C)(CC(=O)NCc2ccccc2)N=C1c1ccc(N(C)C)cc1. The van der Waals surface area contributed by atoms with Crippen LogP contribution in [0.1, 0.15) is 24.5 Å². The van der Waals surface area contributed by atoms with Gasteiger partial charge in [0.05, 0.1) is 6.42 Å². The lowest BCUT2D eigenvalue weighted by atomic mass is 10.1. The van der Waals surface area contributed by atoms with E-state index in [0.717, 1.165) is 22.6 Å². The number of hydroxylamine groups is 2. The Balaban J connectivity index is 1.66. The fourth-order valence-corrected chi connectivity index (χ4v) is 3.04. The maximum atomic E-state index is 12.4. The molecule has 142 valence electrons. The van der Waals surface area contributed by atoms with Gasteiger partial charge in [0.2, 0.25) is 5.91 Å². The van der Waals surface area contributed by atoms with E-state index in [2.05, 4.69) is 10.3 Å². The summed E-state index contributed by atoms with van der Waals surface area (Å²) < 4.78 is 0. The van der Waals surface area contributed by atoms with Gasteiger partial charge >= 0.3 is 0 Å². The zero-order valence-corrected chi connectivity index (χ0v) is 16.3. The molecular formula is C21H26N4O2. The molecule has 0 radical (unpaired) electrons. The molecular weight excluding hydrogens is 340 g/mol. The number of carbonyl (C=O) groups excluding carboxylic acids is 1. The second-order valence-electron chi connectivity index (χ2n) is 7.08. The molecule has 0 aliphatic carbocycles. The average molecular weight is 366 g/mol.